The maximum absolute atomic E-state index is 13.1. The Kier molecular flexibility index (Phi) is 5.83. The molecule has 0 atom stereocenters. The predicted octanol–water partition coefficient (Wildman–Crippen LogP) is 4.94. The molecule has 0 spiro atoms. The largest absolute Gasteiger partial charge is 0.312 e. The number of sulfonamides is 1. The van der Waals surface area contributed by atoms with Crippen LogP contribution < -0.4 is 9.62 Å². The maximum atomic E-state index is 13.1. The van der Waals surface area contributed by atoms with Crippen molar-refractivity contribution in [1.29, 1.82) is 0 Å². The van der Waals surface area contributed by atoms with E-state index in [9.17, 15) is 13.2 Å². The van der Waals surface area contributed by atoms with Gasteiger partial charge in [-0.05, 0) is 60.9 Å². The van der Waals surface area contributed by atoms with Crippen LogP contribution in [-0.4, -0.2) is 20.9 Å². The van der Waals surface area contributed by atoms with Crippen LogP contribution in [0.1, 0.15) is 18.9 Å². The van der Waals surface area contributed by atoms with E-state index in [-0.39, 0.29) is 10.8 Å². The van der Waals surface area contributed by atoms with E-state index in [4.69, 9.17) is 0 Å². The van der Waals surface area contributed by atoms with Gasteiger partial charge in [0, 0.05) is 28.9 Å². The van der Waals surface area contributed by atoms with E-state index in [1.807, 2.05) is 48.5 Å². The average Bonchev–Trinajstić information content (AvgIpc) is 2.75. The molecule has 5 nitrogen and oxygen atoms in total. The van der Waals surface area contributed by atoms with Gasteiger partial charge in [-0.3, -0.25) is 9.52 Å². The van der Waals surface area contributed by atoms with E-state index in [0.717, 1.165) is 33.9 Å². The van der Waals surface area contributed by atoms with Gasteiger partial charge in [0.15, 0.2) is 0 Å². The van der Waals surface area contributed by atoms with E-state index in [1.165, 1.54) is 18.7 Å². The molecule has 1 aliphatic heterocycles. The van der Waals surface area contributed by atoms with Crippen molar-refractivity contribution in [3.05, 3.63) is 78.4 Å². The van der Waals surface area contributed by atoms with Crippen molar-refractivity contribution in [2.75, 3.05) is 16.2 Å². The van der Waals surface area contributed by atoms with Crippen LogP contribution in [0.4, 0.5) is 11.4 Å². The number of aryl methyl sites for hydroxylation is 1. The SMILES string of the molecule is CC(=O)N1CCCc2cc(S(=O)(=O)Nc3ccccc3Sc3ccccc3)ccc21. The van der Waals surface area contributed by atoms with Gasteiger partial charge in [0.1, 0.15) is 0 Å². The number of fused-ring (bicyclic) bond motifs is 1. The van der Waals surface area contributed by atoms with Gasteiger partial charge >= 0.3 is 0 Å². The summed E-state index contributed by atoms with van der Waals surface area (Å²) in [4.78, 5) is 15.6. The summed E-state index contributed by atoms with van der Waals surface area (Å²) in [6.45, 7) is 2.19. The quantitative estimate of drug-likeness (QED) is 0.613. The first-order chi connectivity index (χ1) is 14.4. The fourth-order valence-electron chi connectivity index (χ4n) is 3.53. The normalized spacial score (nSPS) is 13.6. The third-order valence-electron chi connectivity index (χ3n) is 4.96. The summed E-state index contributed by atoms with van der Waals surface area (Å²) in [5, 5.41) is 0. The Morgan fingerprint density at radius 1 is 1.00 bits per heavy atom. The molecule has 154 valence electrons. The first-order valence-corrected chi connectivity index (χ1v) is 12.0. The molecule has 0 aliphatic carbocycles. The number of amides is 1. The summed E-state index contributed by atoms with van der Waals surface area (Å²) in [5.74, 6) is -0.0310. The highest BCUT2D eigenvalue weighted by Crippen LogP contribution is 2.35. The molecule has 4 rings (SSSR count). The second-order valence-corrected chi connectivity index (χ2v) is 9.88. The lowest BCUT2D eigenvalue weighted by atomic mass is 10.0. The summed E-state index contributed by atoms with van der Waals surface area (Å²) in [5.41, 5.74) is 2.22. The molecular weight excluding hydrogens is 416 g/mol. The highest BCUT2D eigenvalue weighted by atomic mass is 32.2. The van der Waals surface area contributed by atoms with Gasteiger partial charge in [-0.25, -0.2) is 8.42 Å². The second-order valence-electron chi connectivity index (χ2n) is 7.08. The number of anilines is 2. The highest BCUT2D eigenvalue weighted by Gasteiger charge is 2.23. The summed E-state index contributed by atoms with van der Waals surface area (Å²) >= 11 is 1.51. The minimum atomic E-state index is -3.77. The lowest BCUT2D eigenvalue weighted by Crippen LogP contribution is -2.33. The van der Waals surface area contributed by atoms with Crippen molar-refractivity contribution in [3.63, 3.8) is 0 Å². The van der Waals surface area contributed by atoms with E-state index in [2.05, 4.69) is 4.72 Å². The van der Waals surface area contributed by atoms with Gasteiger partial charge in [-0.15, -0.1) is 0 Å². The van der Waals surface area contributed by atoms with Crippen molar-refractivity contribution in [2.24, 2.45) is 0 Å². The standard InChI is InChI=1S/C23H22N2O3S2/c1-17(26)25-15-7-8-18-16-20(13-14-22(18)25)30(27,28)24-21-11-5-6-12-23(21)29-19-9-3-2-4-10-19/h2-6,9-14,16,24H,7-8,15H2,1H3. The molecule has 0 saturated heterocycles. The fourth-order valence-corrected chi connectivity index (χ4v) is 5.64. The Labute approximate surface area is 181 Å². The zero-order valence-corrected chi connectivity index (χ0v) is 18.2. The Hall–Kier alpha value is -2.77. The van der Waals surface area contributed by atoms with Crippen molar-refractivity contribution in [2.45, 2.75) is 34.5 Å². The molecule has 7 heteroatoms. The second kappa shape index (κ2) is 8.53. The molecule has 0 aromatic heterocycles. The van der Waals surface area contributed by atoms with Crippen LogP contribution in [0.2, 0.25) is 0 Å². The number of carbonyl (C=O) groups is 1. The van der Waals surface area contributed by atoms with Gasteiger partial charge in [-0.2, -0.15) is 0 Å². The molecule has 1 amide bonds. The van der Waals surface area contributed by atoms with Crippen LogP contribution in [0.5, 0.6) is 0 Å². The molecule has 3 aromatic rings. The molecule has 1 N–H and O–H groups in total. The number of carbonyl (C=O) groups excluding carboxylic acids is 1. The Morgan fingerprint density at radius 2 is 1.73 bits per heavy atom. The first-order valence-electron chi connectivity index (χ1n) is 9.70. The minimum absolute atomic E-state index is 0.0310. The Bertz CT molecular complexity index is 1180. The molecule has 0 unspecified atom stereocenters. The average molecular weight is 439 g/mol. The van der Waals surface area contributed by atoms with Crippen molar-refractivity contribution < 1.29 is 13.2 Å². The van der Waals surface area contributed by atoms with Gasteiger partial charge in [0.2, 0.25) is 5.91 Å². The number of benzene rings is 3. The highest BCUT2D eigenvalue weighted by molar-refractivity contribution is 7.99. The molecule has 30 heavy (non-hydrogen) atoms. The third kappa shape index (κ3) is 4.37. The molecular formula is C23H22N2O3S2. The van der Waals surface area contributed by atoms with Crippen LogP contribution >= 0.6 is 11.8 Å². The van der Waals surface area contributed by atoms with E-state index in [0.29, 0.717) is 12.2 Å². The number of hydrogen-bond acceptors (Lipinski definition) is 4. The molecule has 3 aromatic carbocycles. The number of rotatable bonds is 5. The maximum Gasteiger partial charge on any atom is 0.261 e. The van der Waals surface area contributed by atoms with Crippen molar-refractivity contribution >= 4 is 39.1 Å². The summed E-state index contributed by atoms with van der Waals surface area (Å²) in [7, 11) is -3.77. The zero-order valence-electron chi connectivity index (χ0n) is 16.5. The molecule has 0 saturated carbocycles. The van der Waals surface area contributed by atoms with Crippen molar-refractivity contribution in [1.82, 2.24) is 0 Å². The molecule has 0 fully saturated rings. The lowest BCUT2D eigenvalue weighted by Gasteiger charge is -2.28. The number of nitrogens with one attached hydrogen (secondary N) is 1. The molecule has 1 heterocycles. The first kappa shape index (κ1) is 20.5. The Balaban J connectivity index is 1.62. The lowest BCUT2D eigenvalue weighted by molar-refractivity contribution is -0.116. The summed E-state index contributed by atoms with van der Waals surface area (Å²) in [6.07, 6.45) is 1.57. The summed E-state index contributed by atoms with van der Waals surface area (Å²) < 4.78 is 28.9. The van der Waals surface area contributed by atoms with Crippen LogP contribution in [0.3, 0.4) is 0 Å². The van der Waals surface area contributed by atoms with Crippen LogP contribution in [-0.2, 0) is 21.2 Å². The smallest absolute Gasteiger partial charge is 0.261 e. The van der Waals surface area contributed by atoms with Crippen LogP contribution in [0.15, 0.2) is 87.5 Å². The number of hydrogen-bond donors (Lipinski definition) is 1. The minimum Gasteiger partial charge on any atom is -0.312 e. The van der Waals surface area contributed by atoms with E-state index < -0.39 is 10.0 Å². The molecule has 0 bridgehead atoms. The summed E-state index contributed by atoms with van der Waals surface area (Å²) in [6, 6.07) is 22.2. The van der Waals surface area contributed by atoms with Gasteiger partial charge in [0.05, 0.1) is 10.6 Å². The van der Waals surface area contributed by atoms with E-state index in [1.54, 1.807) is 29.2 Å². The number of nitrogens with zero attached hydrogens (tertiary/aromatic N) is 1. The van der Waals surface area contributed by atoms with Gasteiger partial charge < -0.3 is 4.90 Å². The topological polar surface area (TPSA) is 66.5 Å². The van der Waals surface area contributed by atoms with Gasteiger partial charge in [0.25, 0.3) is 10.0 Å². The molecule has 0 radical (unpaired) electrons. The zero-order chi connectivity index (χ0) is 21.1. The van der Waals surface area contributed by atoms with Crippen LogP contribution in [0, 0.1) is 0 Å². The van der Waals surface area contributed by atoms with Crippen molar-refractivity contribution in [3.8, 4) is 0 Å². The number of para-hydroxylation sites is 1. The third-order valence-corrected chi connectivity index (χ3v) is 7.41. The molecule has 1 aliphatic rings. The predicted molar refractivity (Wildman–Crippen MR) is 121 cm³/mol. The fraction of sp³-hybridized carbons (Fsp3) is 0.174. The van der Waals surface area contributed by atoms with Crippen LogP contribution in [0.25, 0.3) is 0 Å². The van der Waals surface area contributed by atoms with E-state index >= 15 is 0 Å². The monoisotopic (exact) mass is 438 g/mol. The van der Waals surface area contributed by atoms with Gasteiger partial charge in [-0.1, -0.05) is 42.1 Å². The Morgan fingerprint density at radius 3 is 2.50 bits per heavy atom.